The molecule has 0 radical (unpaired) electrons. The maximum Gasteiger partial charge on any atom is 0.407 e. The van der Waals surface area contributed by atoms with Crippen molar-refractivity contribution in [2.45, 2.75) is 143 Å². The van der Waals surface area contributed by atoms with Crippen molar-refractivity contribution in [1.82, 2.24) is 5.32 Å². The maximum absolute atomic E-state index is 12.5. The smallest absolute Gasteiger partial charge is 0.407 e. The Kier molecular flexibility index (Phi) is 7.60. The Bertz CT molecular complexity index is 1170. The number of ether oxygens (including phenoxy) is 3. The van der Waals surface area contributed by atoms with E-state index in [9.17, 15) is 19.8 Å². The van der Waals surface area contributed by atoms with E-state index in [1.807, 2.05) is 0 Å². The number of esters is 1. The zero-order valence-electron chi connectivity index (χ0n) is 28.3. The van der Waals surface area contributed by atoms with E-state index in [4.69, 9.17) is 19.9 Å². The standard InChI is InChI=1S/C35H58N2O7/c1-19-17-21(28(31(5,6)41)42-20(2)38)43-26-25(19)32(7)13-14-35-18-34(35)12-11-24(44-29(40)37-16-15-36)30(3,4)22(34)9-10-23(35)33(32,8)27(26)39/h19,21-28,39,41H,9-18,36H2,1-8H3,(H,37,40)/t19?,21-,22+,23+,24+,25?,26+,27+,28+,32-,33-,34?,35+/m1/s1. The molecule has 5 saturated carbocycles. The molecule has 5 aliphatic carbocycles. The van der Waals surface area contributed by atoms with Crippen LogP contribution in [0.3, 0.4) is 0 Å². The van der Waals surface area contributed by atoms with Gasteiger partial charge in [-0.2, -0.15) is 0 Å². The van der Waals surface area contributed by atoms with Gasteiger partial charge in [0.15, 0.2) is 6.10 Å². The van der Waals surface area contributed by atoms with Gasteiger partial charge in [0.05, 0.1) is 23.9 Å². The summed E-state index contributed by atoms with van der Waals surface area (Å²) in [5.41, 5.74) is 4.19. The Balaban J connectivity index is 1.27. The number of hydrogen-bond acceptors (Lipinski definition) is 8. The molecule has 6 fully saturated rings. The lowest BCUT2D eigenvalue weighted by Gasteiger charge is -2.63. The van der Waals surface area contributed by atoms with E-state index < -0.39 is 29.9 Å². The number of aliphatic hydroxyl groups is 2. The summed E-state index contributed by atoms with van der Waals surface area (Å²) in [6.45, 7) is 17.1. The first-order valence-corrected chi connectivity index (χ1v) is 17.3. The monoisotopic (exact) mass is 618 g/mol. The number of nitrogens with one attached hydrogen (secondary N) is 1. The lowest BCUT2D eigenvalue weighted by atomic mass is 9.41. The molecule has 0 aromatic carbocycles. The van der Waals surface area contributed by atoms with E-state index in [0.717, 1.165) is 32.1 Å². The first-order valence-electron chi connectivity index (χ1n) is 17.3. The van der Waals surface area contributed by atoms with Crippen LogP contribution in [-0.4, -0.2) is 71.5 Å². The normalized spacial score (nSPS) is 49.2. The highest BCUT2D eigenvalue weighted by atomic mass is 16.6. The molecule has 1 saturated heterocycles. The fourth-order valence-electron chi connectivity index (χ4n) is 12.9. The van der Waals surface area contributed by atoms with Gasteiger partial charge in [0.25, 0.3) is 0 Å². The van der Waals surface area contributed by atoms with E-state index in [-0.39, 0.29) is 57.2 Å². The summed E-state index contributed by atoms with van der Waals surface area (Å²) in [5, 5.41) is 26.2. The topological polar surface area (TPSA) is 140 Å². The van der Waals surface area contributed by atoms with Crippen LogP contribution in [0.1, 0.15) is 107 Å². The highest BCUT2D eigenvalue weighted by Gasteiger charge is 2.84. The Morgan fingerprint density at radius 3 is 2.36 bits per heavy atom. The van der Waals surface area contributed by atoms with E-state index >= 15 is 0 Å². The van der Waals surface area contributed by atoms with Crippen LogP contribution in [-0.2, 0) is 19.0 Å². The summed E-state index contributed by atoms with van der Waals surface area (Å²) in [6, 6.07) is 0. The molecule has 9 heteroatoms. The Morgan fingerprint density at radius 1 is 1.07 bits per heavy atom. The van der Waals surface area contributed by atoms with Crippen LogP contribution in [0.4, 0.5) is 4.79 Å². The summed E-state index contributed by atoms with van der Waals surface area (Å²) in [6.07, 6.45) is 5.39. The van der Waals surface area contributed by atoms with Crippen LogP contribution < -0.4 is 11.1 Å². The molecule has 1 amide bonds. The Morgan fingerprint density at radius 2 is 1.73 bits per heavy atom. The maximum atomic E-state index is 12.5. The van der Waals surface area contributed by atoms with Gasteiger partial charge >= 0.3 is 12.1 Å². The van der Waals surface area contributed by atoms with Crippen molar-refractivity contribution in [3.05, 3.63) is 0 Å². The van der Waals surface area contributed by atoms with Crippen molar-refractivity contribution < 1.29 is 34.0 Å². The Labute approximate surface area is 263 Å². The number of hydrogen-bond donors (Lipinski definition) is 4. The SMILES string of the molecule is CC(=O)O[C@@H]([C@H]1CC(C)C2[C@H](O1)[C@H](O)[C@@]1(C)[C@@H]3CC[C@H]4C(C)(C)[C@@H](OC(=O)NCCN)CCC45C[C@@]35CC[C@]21C)C(C)(C)O. The van der Waals surface area contributed by atoms with Gasteiger partial charge in [0.1, 0.15) is 6.10 Å². The summed E-state index contributed by atoms with van der Waals surface area (Å²) in [7, 11) is 0. The van der Waals surface area contributed by atoms with Crippen LogP contribution in [0.15, 0.2) is 0 Å². The van der Waals surface area contributed by atoms with Gasteiger partial charge < -0.3 is 35.5 Å². The molecule has 3 unspecified atom stereocenters. The molecule has 2 spiro atoms. The van der Waals surface area contributed by atoms with Crippen LogP contribution in [0, 0.1) is 50.7 Å². The second-order valence-corrected chi connectivity index (χ2v) is 17.3. The fourth-order valence-corrected chi connectivity index (χ4v) is 12.9. The lowest BCUT2D eigenvalue weighted by molar-refractivity contribution is -0.216. The minimum atomic E-state index is -1.27. The molecule has 0 aromatic heterocycles. The van der Waals surface area contributed by atoms with Crippen LogP contribution >= 0.6 is 0 Å². The minimum absolute atomic E-state index is 0.0867. The number of amides is 1. The molecular weight excluding hydrogens is 560 g/mol. The van der Waals surface area contributed by atoms with Crippen molar-refractivity contribution in [1.29, 1.82) is 0 Å². The number of aliphatic hydroxyl groups excluding tert-OH is 1. The van der Waals surface area contributed by atoms with E-state index in [0.29, 0.717) is 31.3 Å². The average Bonchev–Trinajstić information content (AvgIpc) is 3.56. The third kappa shape index (κ3) is 4.23. The quantitative estimate of drug-likeness (QED) is 0.318. The van der Waals surface area contributed by atoms with Crippen molar-refractivity contribution in [3.8, 4) is 0 Å². The third-order valence-electron chi connectivity index (χ3n) is 14.8. The number of nitrogens with two attached hydrogens (primary N) is 1. The number of fused-ring (bicyclic) bond motifs is 4. The number of carbonyl (C=O) groups is 2. The molecule has 6 aliphatic rings. The van der Waals surface area contributed by atoms with Gasteiger partial charge in [0.2, 0.25) is 0 Å². The predicted molar refractivity (Wildman–Crippen MR) is 165 cm³/mol. The molecule has 5 N–H and O–H groups in total. The first-order chi connectivity index (χ1) is 20.4. The largest absolute Gasteiger partial charge is 0.457 e. The molecule has 1 aliphatic heterocycles. The number of carbonyl (C=O) groups excluding carboxylic acids is 2. The predicted octanol–water partition coefficient (Wildman–Crippen LogP) is 4.56. The fraction of sp³-hybridized carbons (Fsp3) is 0.943. The highest BCUT2D eigenvalue weighted by Crippen LogP contribution is 2.89. The summed E-state index contributed by atoms with van der Waals surface area (Å²) in [4.78, 5) is 24.6. The van der Waals surface area contributed by atoms with Crippen molar-refractivity contribution in [2.75, 3.05) is 13.1 Å². The summed E-state index contributed by atoms with van der Waals surface area (Å²) >= 11 is 0. The van der Waals surface area contributed by atoms with Crippen molar-refractivity contribution >= 4 is 12.1 Å². The molecule has 44 heavy (non-hydrogen) atoms. The second-order valence-electron chi connectivity index (χ2n) is 17.3. The van der Waals surface area contributed by atoms with Gasteiger partial charge in [-0.25, -0.2) is 4.79 Å². The van der Waals surface area contributed by atoms with Crippen LogP contribution in [0.25, 0.3) is 0 Å². The molecule has 9 nitrogen and oxygen atoms in total. The second kappa shape index (κ2) is 10.3. The zero-order chi connectivity index (χ0) is 32.3. The molecular formula is C35H58N2O7. The third-order valence-corrected chi connectivity index (χ3v) is 14.8. The molecule has 250 valence electrons. The molecule has 6 rings (SSSR count). The number of rotatable bonds is 6. The zero-order valence-corrected chi connectivity index (χ0v) is 28.3. The van der Waals surface area contributed by atoms with Gasteiger partial charge in [-0.3, -0.25) is 4.79 Å². The van der Waals surface area contributed by atoms with Crippen LogP contribution in [0.2, 0.25) is 0 Å². The van der Waals surface area contributed by atoms with Gasteiger partial charge in [0, 0.05) is 30.8 Å². The molecule has 1 heterocycles. The van der Waals surface area contributed by atoms with Gasteiger partial charge in [-0.15, -0.1) is 0 Å². The molecule has 13 atom stereocenters. The minimum Gasteiger partial charge on any atom is -0.457 e. The Hall–Kier alpha value is -1.42. The van der Waals surface area contributed by atoms with E-state index in [2.05, 4.69) is 39.9 Å². The summed E-state index contributed by atoms with van der Waals surface area (Å²) < 4.78 is 18.5. The van der Waals surface area contributed by atoms with Gasteiger partial charge in [-0.1, -0.05) is 34.6 Å². The highest BCUT2D eigenvalue weighted by molar-refractivity contribution is 5.67. The molecule has 0 bridgehead atoms. The van der Waals surface area contributed by atoms with E-state index in [1.54, 1.807) is 13.8 Å². The van der Waals surface area contributed by atoms with Crippen molar-refractivity contribution in [3.63, 3.8) is 0 Å². The summed E-state index contributed by atoms with van der Waals surface area (Å²) in [5.74, 6) is 0.857. The number of alkyl carbamates (subject to hydrolysis) is 1. The van der Waals surface area contributed by atoms with Crippen LogP contribution in [0.5, 0.6) is 0 Å². The lowest BCUT2D eigenvalue weighted by Crippen LogP contribution is -2.60. The average molecular weight is 619 g/mol. The first kappa shape index (κ1) is 32.5. The van der Waals surface area contributed by atoms with Crippen molar-refractivity contribution in [2.24, 2.45) is 56.5 Å². The van der Waals surface area contributed by atoms with Gasteiger partial charge in [-0.05, 0) is 105 Å². The van der Waals surface area contributed by atoms with E-state index in [1.165, 1.54) is 19.8 Å². The molecule has 0 aromatic rings.